The predicted octanol–water partition coefficient (Wildman–Crippen LogP) is 3.71. The predicted molar refractivity (Wildman–Crippen MR) is 109 cm³/mol. The number of rotatable bonds is 6. The summed E-state index contributed by atoms with van der Waals surface area (Å²) in [7, 11) is 1.58. The molecule has 0 radical (unpaired) electrons. The van der Waals surface area contributed by atoms with Crippen LogP contribution in [0.15, 0.2) is 66.7 Å². The number of hydrogen-bond donors (Lipinski definition) is 0. The summed E-state index contributed by atoms with van der Waals surface area (Å²) in [6.45, 7) is 0.135. The zero-order valence-corrected chi connectivity index (χ0v) is 16.2. The highest BCUT2D eigenvalue weighted by atomic mass is 16.6. The van der Waals surface area contributed by atoms with Gasteiger partial charge in [-0.2, -0.15) is 0 Å². The van der Waals surface area contributed by atoms with E-state index in [9.17, 15) is 14.4 Å². The lowest BCUT2D eigenvalue weighted by molar-refractivity contribution is 0.0448. The molecule has 3 aromatic rings. The zero-order valence-electron chi connectivity index (χ0n) is 16.2. The van der Waals surface area contributed by atoms with Crippen molar-refractivity contribution in [1.29, 1.82) is 0 Å². The highest BCUT2D eigenvalue weighted by molar-refractivity contribution is 6.30. The number of esters is 1. The van der Waals surface area contributed by atoms with E-state index < -0.39 is 5.97 Å². The van der Waals surface area contributed by atoms with E-state index in [0.29, 0.717) is 17.1 Å². The maximum atomic E-state index is 13.0. The molecule has 0 bridgehead atoms. The Morgan fingerprint density at radius 3 is 2.07 bits per heavy atom. The van der Waals surface area contributed by atoms with Crippen LogP contribution in [-0.4, -0.2) is 37.9 Å². The molecule has 0 N–H and O–H groups in total. The van der Waals surface area contributed by atoms with Gasteiger partial charge in [0.25, 0.3) is 0 Å². The largest absolute Gasteiger partial charge is 0.497 e. The van der Waals surface area contributed by atoms with Gasteiger partial charge in [0.1, 0.15) is 24.7 Å². The van der Waals surface area contributed by atoms with Crippen LogP contribution < -0.4 is 9.47 Å². The van der Waals surface area contributed by atoms with Gasteiger partial charge in [0.05, 0.1) is 12.7 Å². The average Bonchev–Trinajstić information content (AvgIpc) is 2.80. The summed E-state index contributed by atoms with van der Waals surface area (Å²) in [4.78, 5) is 38.3. The van der Waals surface area contributed by atoms with E-state index in [1.165, 1.54) is 6.07 Å². The number of methoxy groups -OCH3 is 1. The van der Waals surface area contributed by atoms with Gasteiger partial charge in [0.2, 0.25) is 0 Å². The Balaban J connectivity index is 1.46. The molecule has 0 fully saturated rings. The fourth-order valence-electron chi connectivity index (χ4n) is 3.36. The number of ketones is 2. The van der Waals surface area contributed by atoms with Gasteiger partial charge in [-0.3, -0.25) is 9.59 Å². The Hall–Kier alpha value is -3.93. The quantitative estimate of drug-likeness (QED) is 0.361. The highest BCUT2D eigenvalue weighted by Crippen LogP contribution is 2.29. The van der Waals surface area contributed by atoms with E-state index in [0.717, 1.165) is 0 Å². The number of ether oxygens (including phenoxy) is 3. The van der Waals surface area contributed by atoms with Gasteiger partial charge < -0.3 is 14.2 Å². The summed E-state index contributed by atoms with van der Waals surface area (Å²) in [5.74, 6) is 0.00960. The van der Waals surface area contributed by atoms with Crippen molar-refractivity contribution < 1.29 is 28.6 Å². The monoisotopic (exact) mass is 402 g/mol. The molecule has 30 heavy (non-hydrogen) atoms. The second kappa shape index (κ2) is 8.21. The maximum Gasteiger partial charge on any atom is 0.339 e. The van der Waals surface area contributed by atoms with Gasteiger partial charge in [-0.05, 0) is 30.3 Å². The lowest BCUT2D eigenvalue weighted by Crippen LogP contribution is -2.24. The molecule has 1 aliphatic carbocycles. The molecule has 0 aliphatic heterocycles. The van der Waals surface area contributed by atoms with Crippen molar-refractivity contribution in [1.82, 2.24) is 0 Å². The molecule has 0 amide bonds. The van der Waals surface area contributed by atoms with E-state index in [1.54, 1.807) is 67.8 Å². The topological polar surface area (TPSA) is 78.9 Å². The number of fused-ring (bicyclic) bond motifs is 2. The van der Waals surface area contributed by atoms with Crippen LogP contribution in [0.25, 0.3) is 0 Å². The molecule has 1 aliphatic rings. The van der Waals surface area contributed by atoms with E-state index >= 15 is 0 Å². The molecule has 6 nitrogen and oxygen atoms in total. The van der Waals surface area contributed by atoms with Crippen molar-refractivity contribution in [3.63, 3.8) is 0 Å². The van der Waals surface area contributed by atoms with Gasteiger partial charge in [0.15, 0.2) is 11.6 Å². The maximum absolute atomic E-state index is 13.0. The van der Waals surface area contributed by atoms with Crippen LogP contribution in [0.3, 0.4) is 0 Å². The summed E-state index contributed by atoms with van der Waals surface area (Å²) >= 11 is 0. The highest BCUT2D eigenvalue weighted by Gasteiger charge is 2.33. The molecule has 0 heterocycles. The van der Waals surface area contributed by atoms with E-state index in [-0.39, 0.29) is 47.0 Å². The number of benzene rings is 3. The smallest absolute Gasteiger partial charge is 0.339 e. The van der Waals surface area contributed by atoms with Gasteiger partial charge in [-0.15, -0.1) is 0 Å². The molecular formula is C24H18O6. The van der Waals surface area contributed by atoms with E-state index in [2.05, 4.69) is 0 Å². The number of hydrogen-bond acceptors (Lipinski definition) is 6. The van der Waals surface area contributed by atoms with Crippen LogP contribution >= 0.6 is 0 Å². The van der Waals surface area contributed by atoms with E-state index in [4.69, 9.17) is 14.2 Å². The third kappa shape index (κ3) is 3.55. The summed E-state index contributed by atoms with van der Waals surface area (Å²) < 4.78 is 15.9. The minimum absolute atomic E-state index is 0.00669. The Kier molecular flexibility index (Phi) is 5.30. The third-order valence-electron chi connectivity index (χ3n) is 4.82. The van der Waals surface area contributed by atoms with Gasteiger partial charge in [-0.25, -0.2) is 4.79 Å². The normalized spacial score (nSPS) is 12.0. The van der Waals surface area contributed by atoms with Crippen molar-refractivity contribution in [2.75, 3.05) is 20.3 Å². The Bertz CT molecular complexity index is 1130. The standard InChI is InChI=1S/C24H18O6/c1-28-15-9-11-16(12-10-15)29-13-14-30-24(27)20-8-4-7-19-21(20)23(26)18-6-3-2-5-17(18)22(19)25/h2-12H,13-14H2,1H3. The zero-order chi connectivity index (χ0) is 21.1. The summed E-state index contributed by atoms with van der Waals surface area (Å²) in [6, 6.07) is 18.2. The second-order valence-electron chi connectivity index (χ2n) is 6.59. The van der Waals surface area contributed by atoms with Crippen molar-refractivity contribution in [2.24, 2.45) is 0 Å². The molecule has 0 aromatic heterocycles. The van der Waals surface area contributed by atoms with Crippen LogP contribution in [0.5, 0.6) is 11.5 Å². The molecule has 0 atom stereocenters. The van der Waals surface area contributed by atoms with E-state index in [1.807, 2.05) is 0 Å². The summed E-state index contributed by atoms with van der Waals surface area (Å²) in [5.41, 5.74) is 1.00. The van der Waals surface area contributed by atoms with Gasteiger partial charge >= 0.3 is 5.97 Å². The minimum Gasteiger partial charge on any atom is -0.497 e. The van der Waals surface area contributed by atoms with Gasteiger partial charge in [0, 0.05) is 22.3 Å². The molecule has 4 rings (SSSR count). The number of carbonyl (C=O) groups is 3. The minimum atomic E-state index is -0.675. The van der Waals surface area contributed by atoms with Gasteiger partial charge in [-0.1, -0.05) is 36.4 Å². The number of carbonyl (C=O) groups excluding carboxylic acids is 3. The molecule has 0 saturated heterocycles. The van der Waals surface area contributed by atoms with Crippen molar-refractivity contribution >= 4 is 17.5 Å². The molecule has 0 unspecified atom stereocenters. The first kappa shape index (κ1) is 19.4. The molecule has 6 heteroatoms. The molecular weight excluding hydrogens is 384 g/mol. The van der Waals surface area contributed by atoms with Crippen LogP contribution in [0, 0.1) is 0 Å². The SMILES string of the molecule is COc1ccc(OCCOC(=O)c2cccc3c2C(=O)c2ccccc2C3=O)cc1. The Labute approximate surface area is 173 Å². The lowest BCUT2D eigenvalue weighted by Gasteiger charge is -2.19. The average molecular weight is 402 g/mol. The first-order chi connectivity index (χ1) is 14.6. The second-order valence-corrected chi connectivity index (χ2v) is 6.59. The van der Waals surface area contributed by atoms with Crippen molar-refractivity contribution in [3.05, 3.63) is 94.5 Å². The first-order valence-corrected chi connectivity index (χ1v) is 9.35. The lowest BCUT2D eigenvalue weighted by atomic mass is 9.82. The third-order valence-corrected chi connectivity index (χ3v) is 4.82. The fourth-order valence-corrected chi connectivity index (χ4v) is 3.36. The van der Waals surface area contributed by atoms with Crippen molar-refractivity contribution in [3.8, 4) is 11.5 Å². The summed E-state index contributed by atoms with van der Waals surface area (Å²) in [6.07, 6.45) is 0. The Morgan fingerprint density at radius 1 is 0.733 bits per heavy atom. The first-order valence-electron chi connectivity index (χ1n) is 9.35. The molecule has 0 spiro atoms. The van der Waals surface area contributed by atoms with Crippen molar-refractivity contribution in [2.45, 2.75) is 0 Å². The molecule has 3 aromatic carbocycles. The summed E-state index contributed by atoms with van der Waals surface area (Å²) in [5, 5.41) is 0. The van der Waals surface area contributed by atoms with Crippen LogP contribution in [-0.2, 0) is 4.74 Å². The molecule has 0 saturated carbocycles. The molecule has 150 valence electrons. The Morgan fingerprint density at radius 2 is 1.37 bits per heavy atom. The fraction of sp³-hybridized carbons (Fsp3) is 0.125. The van der Waals surface area contributed by atoms with Crippen LogP contribution in [0.4, 0.5) is 0 Å². The van der Waals surface area contributed by atoms with Crippen LogP contribution in [0.1, 0.15) is 42.2 Å². The van der Waals surface area contributed by atoms with Crippen LogP contribution in [0.2, 0.25) is 0 Å².